The van der Waals surface area contributed by atoms with Crippen molar-refractivity contribution < 1.29 is 14.3 Å². The predicted octanol–water partition coefficient (Wildman–Crippen LogP) is 3.07. The molecule has 1 aromatic carbocycles. The topological polar surface area (TPSA) is 55.4 Å². The summed E-state index contributed by atoms with van der Waals surface area (Å²) in [6.07, 6.45) is 9.15. The maximum Gasteiger partial charge on any atom is 0.308 e. The lowest BCUT2D eigenvalue weighted by Gasteiger charge is -2.21. The van der Waals surface area contributed by atoms with Crippen molar-refractivity contribution in [2.45, 2.75) is 45.1 Å². The first-order valence-electron chi connectivity index (χ1n) is 7.40. The minimum absolute atomic E-state index is 0.0500. The molecule has 1 aromatic rings. The van der Waals surface area contributed by atoms with Crippen LogP contribution in [0.4, 0.5) is 0 Å². The number of benzene rings is 1. The Kier molecular flexibility index (Phi) is 5.55. The molecular weight excluding hydrogens is 266 g/mol. The number of amides is 1. The number of carbonyl (C=O) groups excluding carboxylic acids is 2. The second-order valence-electron chi connectivity index (χ2n) is 5.34. The van der Waals surface area contributed by atoms with E-state index in [-0.39, 0.29) is 11.9 Å². The van der Waals surface area contributed by atoms with Gasteiger partial charge in [0.1, 0.15) is 5.75 Å². The van der Waals surface area contributed by atoms with E-state index in [9.17, 15) is 9.59 Å². The summed E-state index contributed by atoms with van der Waals surface area (Å²) in [5.41, 5.74) is 0.893. The molecule has 1 fully saturated rings. The molecule has 0 aromatic heterocycles. The van der Waals surface area contributed by atoms with Crippen molar-refractivity contribution in [1.29, 1.82) is 0 Å². The summed E-state index contributed by atoms with van der Waals surface area (Å²) < 4.78 is 4.95. The Morgan fingerprint density at radius 2 is 1.81 bits per heavy atom. The molecule has 21 heavy (non-hydrogen) atoms. The molecule has 1 aliphatic carbocycles. The zero-order chi connectivity index (χ0) is 15.1. The second-order valence-corrected chi connectivity index (χ2v) is 5.34. The second kappa shape index (κ2) is 7.62. The molecule has 112 valence electrons. The fourth-order valence-electron chi connectivity index (χ4n) is 2.48. The number of hydrogen-bond donors (Lipinski definition) is 1. The van der Waals surface area contributed by atoms with Crippen molar-refractivity contribution in [3.05, 3.63) is 35.9 Å². The molecule has 0 unspecified atom stereocenters. The van der Waals surface area contributed by atoms with Gasteiger partial charge in [0, 0.05) is 19.0 Å². The first kappa shape index (κ1) is 15.3. The van der Waals surface area contributed by atoms with Gasteiger partial charge in [-0.05, 0) is 36.6 Å². The summed E-state index contributed by atoms with van der Waals surface area (Å²) in [4.78, 5) is 22.6. The third kappa shape index (κ3) is 5.42. The van der Waals surface area contributed by atoms with E-state index >= 15 is 0 Å². The lowest BCUT2D eigenvalue weighted by atomic mass is 9.95. The van der Waals surface area contributed by atoms with Gasteiger partial charge in [0.2, 0.25) is 5.91 Å². The number of esters is 1. The number of hydrogen-bond acceptors (Lipinski definition) is 3. The fraction of sp³-hybridized carbons (Fsp3) is 0.412. The summed E-state index contributed by atoms with van der Waals surface area (Å²) >= 11 is 0. The van der Waals surface area contributed by atoms with Crippen LogP contribution in [0, 0.1) is 0 Å². The Hall–Kier alpha value is -2.10. The monoisotopic (exact) mass is 287 g/mol. The molecule has 1 saturated carbocycles. The van der Waals surface area contributed by atoms with Crippen LogP contribution in [-0.4, -0.2) is 17.9 Å². The number of nitrogens with one attached hydrogen (secondary N) is 1. The van der Waals surface area contributed by atoms with Gasteiger partial charge in [-0.3, -0.25) is 9.59 Å². The first-order valence-corrected chi connectivity index (χ1v) is 7.40. The largest absolute Gasteiger partial charge is 0.427 e. The van der Waals surface area contributed by atoms with Crippen molar-refractivity contribution in [2.24, 2.45) is 0 Å². The van der Waals surface area contributed by atoms with Crippen molar-refractivity contribution in [3.63, 3.8) is 0 Å². The van der Waals surface area contributed by atoms with Gasteiger partial charge in [-0.25, -0.2) is 0 Å². The smallest absolute Gasteiger partial charge is 0.308 e. The van der Waals surface area contributed by atoms with Gasteiger partial charge >= 0.3 is 5.97 Å². The molecule has 1 aliphatic rings. The van der Waals surface area contributed by atoms with Crippen molar-refractivity contribution >= 4 is 18.0 Å². The van der Waals surface area contributed by atoms with E-state index in [0.29, 0.717) is 11.8 Å². The lowest BCUT2D eigenvalue weighted by Crippen LogP contribution is -2.34. The molecular formula is C17H21NO3. The zero-order valence-corrected chi connectivity index (χ0v) is 12.3. The first-order chi connectivity index (χ1) is 10.1. The molecule has 0 atom stereocenters. The highest BCUT2D eigenvalue weighted by Crippen LogP contribution is 2.17. The van der Waals surface area contributed by atoms with Gasteiger partial charge in [0.25, 0.3) is 0 Å². The lowest BCUT2D eigenvalue weighted by molar-refractivity contribution is -0.131. The summed E-state index contributed by atoms with van der Waals surface area (Å²) in [6.45, 7) is 1.36. The number of ether oxygens (including phenoxy) is 1. The van der Waals surface area contributed by atoms with Gasteiger partial charge < -0.3 is 10.1 Å². The molecule has 0 heterocycles. The Labute approximate surface area is 125 Å². The molecule has 1 N–H and O–H groups in total. The quantitative estimate of drug-likeness (QED) is 0.526. The van der Waals surface area contributed by atoms with Crippen LogP contribution in [0.25, 0.3) is 6.08 Å². The van der Waals surface area contributed by atoms with Crippen LogP contribution in [0.15, 0.2) is 30.3 Å². The van der Waals surface area contributed by atoms with Crippen LogP contribution < -0.4 is 10.1 Å². The normalized spacial score (nSPS) is 15.9. The third-order valence-corrected chi connectivity index (χ3v) is 3.52. The molecule has 0 spiro atoms. The minimum Gasteiger partial charge on any atom is -0.427 e. The molecule has 0 bridgehead atoms. The van der Waals surface area contributed by atoms with E-state index in [1.54, 1.807) is 24.3 Å². The molecule has 2 rings (SSSR count). The van der Waals surface area contributed by atoms with Crippen LogP contribution in [0.3, 0.4) is 0 Å². The molecule has 0 aliphatic heterocycles. The van der Waals surface area contributed by atoms with E-state index in [1.165, 1.54) is 26.2 Å². The molecule has 4 nitrogen and oxygen atoms in total. The van der Waals surface area contributed by atoms with Gasteiger partial charge in [-0.2, -0.15) is 0 Å². The highest BCUT2D eigenvalue weighted by molar-refractivity contribution is 5.91. The van der Waals surface area contributed by atoms with Crippen LogP contribution in [-0.2, 0) is 9.59 Å². The molecule has 0 saturated heterocycles. The minimum atomic E-state index is -0.342. The SMILES string of the molecule is CC(=O)Oc1ccc(C=CC(=O)NC2CCCCC2)cc1. The van der Waals surface area contributed by atoms with Crippen molar-refractivity contribution in [2.75, 3.05) is 0 Å². The number of rotatable bonds is 4. The highest BCUT2D eigenvalue weighted by atomic mass is 16.5. The summed E-state index contributed by atoms with van der Waals surface area (Å²) in [5, 5.41) is 3.03. The maximum atomic E-state index is 11.8. The maximum absolute atomic E-state index is 11.8. The Balaban J connectivity index is 1.84. The Morgan fingerprint density at radius 1 is 1.14 bits per heavy atom. The van der Waals surface area contributed by atoms with Gasteiger partial charge in [0.15, 0.2) is 0 Å². The summed E-state index contributed by atoms with van der Waals surface area (Å²) in [5.74, 6) is 0.113. The van der Waals surface area contributed by atoms with Gasteiger partial charge in [-0.1, -0.05) is 31.4 Å². The van der Waals surface area contributed by atoms with E-state index in [2.05, 4.69) is 5.32 Å². The van der Waals surface area contributed by atoms with Crippen LogP contribution in [0.1, 0.15) is 44.6 Å². The molecule has 4 heteroatoms. The van der Waals surface area contributed by atoms with Crippen LogP contribution >= 0.6 is 0 Å². The van der Waals surface area contributed by atoms with Gasteiger partial charge in [-0.15, -0.1) is 0 Å². The van der Waals surface area contributed by atoms with Gasteiger partial charge in [0.05, 0.1) is 0 Å². The number of carbonyl (C=O) groups is 2. The van der Waals surface area contributed by atoms with Crippen molar-refractivity contribution in [3.8, 4) is 5.75 Å². The van der Waals surface area contributed by atoms with E-state index < -0.39 is 0 Å². The summed E-state index contributed by atoms with van der Waals surface area (Å²) in [6, 6.07) is 7.35. The standard InChI is InChI=1S/C17H21NO3/c1-13(19)21-16-10-7-14(8-11-16)9-12-17(20)18-15-5-3-2-4-6-15/h7-12,15H,2-6H2,1H3,(H,18,20). The highest BCUT2D eigenvalue weighted by Gasteiger charge is 2.13. The molecule has 0 radical (unpaired) electrons. The van der Waals surface area contributed by atoms with Crippen molar-refractivity contribution in [1.82, 2.24) is 5.32 Å². The Morgan fingerprint density at radius 3 is 2.43 bits per heavy atom. The van der Waals surface area contributed by atoms with E-state index in [0.717, 1.165) is 18.4 Å². The van der Waals surface area contributed by atoms with E-state index in [4.69, 9.17) is 4.74 Å². The Bertz CT molecular complexity index is 513. The van der Waals surface area contributed by atoms with Crippen LogP contribution in [0.5, 0.6) is 5.75 Å². The average Bonchev–Trinajstić information content (AvgIpc) is 2.47. The van der Waals surface area contributed by atoms with E-state index in [1.807, 2.05) is 12.1 Å². The van der Waals surface area contributed by atoms with Crippen LogP contribution in [0.2, 0.25) is 0 Å². The molecule has 1 amide bonds. The third-order valence-electron chi connectivity index (χ3n) is 3.52. The fourth-order valence-corrected chi connectivity index (χ4v) is 2.48. The summed E-state index contributed by atoms with van der Waals surface area (Å²) in [7, 11) is 0. The zero-order valence-electron chi connectivity index (χ0n) is 12.3. The average molecular weight is 287 g/mol. The predicted molar refractivity (Wildman–Crippen MR) is 81.8 cm³/mol.